The van der Waals surface area contributed by atoms with Gasteiger partial charge in [-0.05, 0) is 26.0 Å². The van der Waals surface area contributed by atoms with E-state index in [-0.39, 0.29) is 0 Å². The second-order valence-electron chi connectivity index (χ2n) is 4.85. The van der Waals surface area contributed by atoms with Gasteiger partial charge in [0.05, 0.1) is 10.7 Å². The van der Waals surface area contributed by atoms with E-state index in [1.165, 1.54) is 5.56 Å². The molecule has 4 heteroatoms. The van der Waals surface area contributed by atoms with E-state index in [9.17, 15) is 0 Å². The Labute approximate surface area is 119 Å². The lowest BCUT2D eigenvalue weighted by Crippen LogP contribution is -2.39. The number of benzene rings is 1. The molecule has 1 atom stereocenters. The number of aromatic nitrogens is 1. The Balaban J connectivity index is 1.97. The van der Waals surface area contributed by atoms with Crippen LogP contribution in [0.3, 0.4) is 0 Å². The number of rotatable bonds is 6. The monoisotopic (exact) mass is 275 g/mol. The number of hydrogen-bond acceptors (Lipinski definition) is 4. The lowest BCUT2D eigenvalue weighted by atomic mass is 10.0. The van der Waals surface area contributed by atoms with Crippen LogP contribution in [-0.4, -0.2) is 29.5 Å². The van der Waals surface area contributed by atoms with Crippen LogP contribution in [0.1, 0.15) is 16.3 Å². The average molecular weight is 275 g/mol. The fraction of sp³-hybridized carbons (Fsp3) is 0.400. The van der Waals surface area contributed by atoms with Gasteiger partial charge in [-0.15, -0.1) is 11.3 Å². The van der Waals surface area contributed by atoms with Crippen LogP contribution < -0.4 is 5.73 Å². The normalized spacial score (nSPS) is 12.8. The Morgan fingerprint density at radius 1 is 1.32 bits per heavy atom. The summed E-state index contributed by atoms with van der Waals surface area (Å²) >= 11 is 1.70. The minimum absolute atomic E-state index is 0.351. The largest absolute Gasteiger partial charge is 0.329 e. The zero-order chi connectivity index (χ0) is 13.7. The summed E-state index contributed by atoms with van der Waals surface area (Å²) in [6.07, 6.45) is 0.983. The maximum Gasteiger partial charge on any atom is 0.0897 e. The SMILES string of the molecule is Cc1nc(CN(C)C(CN)Cc2ccccc2)cs1. The van der Waals surface area contributed by atoms with E-state index in [1.54, 1.807) is 11.3 Å². The summed E-state index contributed by atoms with van der Waals surface area (Å²) in [5.41, 5.74) is 8.39. The summed E-state index contributed by atoms with van der Waals surface area (Å²) < 4.78 is 0. The van der Waals surface area contributed by atoms with Gasteiger partial charge in [0.25, 0.3) is 0 Å². The quantitative estimate of drug-likeness (QED) is 0.880. The van der Waals surface area contributed by atoms with Crippen LogP contribution in [0.25, 0.3) is 0 Å². The van der Waals surface area contributed by atoms with Crippen molar-refractivity contribution in [2.45, 2.75) is 25.9 Å². The van der Waals surface area contributed by atoms with Gasteiger partial charge in [0.2, 0.25) is 0 Å². The Hall–Kier alpha value is -1.23. The molecule has 3 nitrogen and oxygen atoms in total. The van der Waals surface area contributed by atoms with Gasteiger partial charge < -0.3 is 5.73 Å². The molecule has 0 fully saturated rings. The summed E-state index contributed by atoms with van der Waals surface area (Å²) in [6.45, 7) is 3.56. The van der Waals surface area contributed by atoms with E-state index >= 15 is 0 Å². The van der Waals surface area contributed by atoms with Crippen LogP contribution in [0.5, 0.6) is 0 Å². The van der Waals surface area contributed by atoms with Crippen LogP contribution in [0, 0.1) is 6.92 Å². The molecule has 1 unspecified atom stereocenters. The van der Waals surface area contributed by atoms with Gasteiger partial charge in [-0.1, -0.05) is 30.3 Å². The summed E-state index contributed by atoms with van der Waals surface area (Å²) in [5, 5.41) is 3.25. The number of nitrogens with zero attached hydrogens (tertiary/aromatic N) is 2. The van der Waals surface area contributed by atoms with Crippen molar-refractivity contribution in [1.29, 1.82) is 0 Å². The fourth-order valence-electron chi connectivity index (χ4n) is 2.17. The fourth-order valence-corrected chi connectivity index (χ4v) is 2.77. The topological polar surface area (TPSA) is 42.2 Å². The molecule has 0 aliphatic rings. The van der Waals surface area contributed by atoms with Crippen LogP contribution in [0.15, 0.2) is 35.7 Å². The molecule has 2 aromatic rings. The highest BCUT2D eigenvalue weighted by molar-refractivity contribution is 7.09. The molecule has 2 N–H and O–H groups in total. The summed E-state index contributed by atoms with van der Waals surface area (Å²) in [7, 11) is 2.12. The third kappa shape index (κ3) is 4.13. The first-order valence-electron chi connectivity index (χ1n) is 6.54. The Morgan fingerprint density at radius 2 is 2.05 bits per heavy atom. The van der Waals surface area contributed by atoms with Crippen molar-refractivity contribution >= 4 is 11.3 Å². The molecule has 0 aliphatic carbocycles. The molecule has 0 aliphatic heterocycles. The highest BCUT2D eigenvalue weighted by atomic mass is 32.1. The van der Waals surface area contributed by atoms with Crippen molar-refractivity contribution in [3.8, 4) is 0 Å². The van der Waals surface area contributed by atoms with Gasteiger partial charge in [-0.2, -0.15) is 0 Å². The second kappa shape index (κ2) is 6.80. The van der Waals surface area contributed by atoms with Gasteiger partial charge in [0.1, 0.15) is 0 Å². The zero-order valence-electron chi connectivity index (χ0n) is 11.5. The molecular formula is C15H21N3S. The maximum atomic E-state index is 5.92. The van der Waals surface area contributed by atoms with Gasteiger partial charge in [0, 0.05) is 24.5 Å². The number of likely N-dealkylation sites (N-methyl/N-ethyl adjacent to an activating group) is 1. The standard InChI is InChI=1S/C15H21N3S/c1-12-17-14(11-19-12)10-18(2)15(9-16)8-13-6-4-3-5-7-13/h3-7,11,15H,8-10,16H2,1-2H3. The second-order valence-corrected chi connectivity index (χ2v) is 5.91. The van der Waals surface area contributed by atoms with E-state index in [0.29, 0.717) is 12.6 Å². The average Bonchev–Trinajstić information content (AvgIpc) is 2.82. The molecule has 0 spiro atoms. The first-order chi connectivity index (χ1) is 9.19. The number of hydrogen-bond donors (Lipinski definition) is 1. The summed E-state index contributed by atoms with van der Waals surface area (Å²) in [5.74, 6) is 0. The molecular weight excluding hydrogens is 254 g/mol. The highest BCUT2D eigenvalue weighted by Gasteiger charge is 2.15. The molecule has 102 valence electrons. The van der Waals surface area contributed by atoms with Crippen molar-refractivity contribution in [2.75, 3.05) is 13.6 Å². The summed E-state index contributed by atoms with van der Waals surface area (Å²) in [6, 6.07) is 10.9. The van der Waals surface area contributed by atoms with Crippen molar-refractivity contribution < 1.29 is 0 Å². The predicted octanol–water partition coefficient (Wildman–Crippen LogP) is 2.45. The number of thiazole rings is 1. The van der Waals surface area contributed by atoms with E-state index in [4.69, 9.17) is 5.73 Å². The molecule has 1 aromatic carbocycles. The molecule has 1 aromatic heterocycles. The first kappa shape index (κ1) is 14.2. The molecule has 0 radical (unpaired) electrons. The zero-order valence-corrected chi connectivity index (χ0v) is 12.4. The van der Waals surface area contributed by atoms with Gasteiger partial charge in [-0.25, -0.2) is 4.98 Å². The predicted molar refractivity (Wildman–Crippen MR) is 81.3 cm³/mol. The van der Waals surface area contributed by atoms with Crippen molar-refractivity contribution in [3.05, 3.63) is 52.0 Å². The Kier molecular flexibility index (Phi) is 5.07. The first-order valence-corrected chi connectivity index (χ1v) is 7.42. The van der Waals surface area contributed by atoms with E-state index in [0.717, 1.165) is 23.7 Å². The molecule has 0 bridgehead atoms. The van der Waals surface area contributed by atoms with E-state index < -0.39 is 0 Å². The molecule has 2 rings (SSSR count). The molecule has 1 heterocycles. The van der Waals surface area contributed by atoms with E-state index in [1.807, 2.05) is 13.0 Å². The summed E-state index contributed by atoms with van der Waals surface area (Å²) in [4.78, 5) is 6.80. The number of aryl methyl sites for hydroxylation is 1. The van der Waals surface area contributed by atoms with Crippen LogP contribution >= 0.6 is 11.3 Å². The van der Waals surface area contributed by atoms with E-state index in [2.05, 4.69) is 46.6 Å². The van der Waals surface area contributed by atoms with Gasteiger partial charge in [-0.3, -0.25) is 4.90 Å². The molecule has 0 saturated carbocycles. The molecule has 0 saturated heterocycles. The Bertz CT molecular complexity index is 495. The van der Waals surface area contributed by atoms with Gasteiger partial charge >= 0.3 is 0 Å². The third-order valence-corrected chi connectivity index (χ3v) is 4.11. The lowest BCUT2D eigenvalue weighted by molar-refractivity contribution is 0.235. The minimum Gasteiger partial charge on any atom is -0.329 e. The maximum absolute atomic E-state index is 5.92. The van der Waals surface area contributed by atoms with Crippen LogP contribution in [0.2, 0.25) is 0 Å². The molecule has 19 heavy (non-hydrogen) atoms. The van der Waals surface area contributed by atoms with Gasteiger partial charge in [0.15, 0.2) is 0 Å². The Morgan fingerprint density at radius 3 is 2.63 bits per heavy atom. The van der Waals surface area contributed by atoms with Crippen LogP contribution in [0.4, 0.5) is 0 Å². The smallest absolute Gasteiger partial charge is 0.0897 e. The highest BCUT2D eigenvalue weighted by Crippen LogP contribution is 2.13. The minimum atomic E-state index is 0.351. The van der Waals surface area contributed by atoms with Crippen molar-refractivity contribution in [1.82, 2.24) is 9.88 Å². The third-order valence-electron chi connectivity index (χ3n) is 3.29. The van der Waals surface area contributed by atoms with Crippen molar-refractivity contribution in [2.24, 2.45) is 5.73 Å². The molecule has 0 amide bonds. The van der Waals surface area contributed by atoms with Crippen molar-refractivity contribution in [3.63, 3.8) is 0 Å². The van der Waals surface area contributed by atoms with Crippen LogP contribution in [-0.2, 0) is 13.0 Å². The number of nitrogens with two attached hydrogens (primary N) is 1. The lowest BCUT2D eigenvalue weighted by Gasteiger charge is -2.26.